The number of hydrogen-bond donors (Lipinski definition) is 2. The maximum atomic E-state index is 12.2. The summed E-state index contributed by atoms with van der Waals surface area (Å²) in [5, 5.41) is 3.98. The first-order valence-electron chi connectivity index (χ1n) is 10.2. The third kappa shape index (κ3) is 5.78. The lowest BCUT2D eigenvalue weighted by molar-refractivity contribution is -0.148. The van der Waals surface area contributed by atoms with Crippen molar-refractivity contribution in [1.29, 1.82) is 0 Å². The summed E-state index contributed by atoms with van der Waals surface area (Å²) in [5.41, 5.74) is 3.03. The topological polar surface area (TPSA) is 89.7 Å². The zero-order valence-electron chi connectivity index (χ0n) is 18.1. The number of aryl methyl sites for hydroxylation is 1. The van der Waals surface area contributed by atoms with Crippen LogP contribution in [0.5, 0.6) is 11.5 Å². The van der Waals surface area contributed by atoms with Gasteiger partial charge in [-0.15, -0.1) is 0 Å². The number of para-hydroxylation sites is 1. The van der Waals surface area contributed by atoms with Crippen LogP contribution >= 0.6 is 0 Å². The van der Waals surface area contributed by atoms with Crippen molar-refractivity contribution in [2.45, 2.75) is 32.2 Å². The normalized spacial score (nSPS) is 11.7. The SMILES string of the molecule is COc1ccc(OC)c([C@@H](C)NC(=O)COC(=O)CCCc2c[nH]c3ccccc23)c1. The Hall–Kier alpha value is -3.48. The molecule has 2 N–H and O–H groups in total. The van der Waals surface area contributed by atoms with Gasteiger partial charge in [0, 0.05) is 29.1 Å². The maximum Gasteiger partial charge on any atom is 0.306 e. The number of ether oxygens (including phenoxy) is 3. The molecule has 0 aliphatic rings. The number of carbonyl (C=O) groups is 2. The van der Waals surface area contributed by atoms with Crippen LogP contribution in [0.2, 0.25) is 0 Å². The predicted molar refractivity (Wildman–Crippen MR) is 118 cm³/mol. The number of benzene rings is 2. The number of esters is 1. The molecule has 0 saturated heterocycles. The van der Waals surface area contributed by atoms with Crippen molar-refractivity contribution in [3.05, 3.63) is 59.8 Å². The van der Waals surface area contributed by atoms with Crippen molar-refractivity contribution in [3.63, 3.8) is 0 Å². The fourth-order valence-electron chi connectivity index (χ4n) is 3.52. The molecule has 0 aliphatic heterocycles. The van der Waals surface area contributed by atoms with E-state index in [9.17, 15) is 9.59 Å². The Labute approximate surface area is 181 Å². The van der Waals surface area contributed by atoms with Crippen molar-refractivity contribution in [2.75, 3.05) is 20.8 Å². The number of fused-ring (bicyclic) bond motifs is 1. The second-order valence-corrected chi connectivity index (χ2v) is 7.27. The van der Waals surface area contributed by atoms with Gasteiger partial charge < -0.3 is 24.5 Å². The first-order chi connectivity index (χ1) is 15.0. The number of rotatable bonds is 10. The molecule has 0 bridgehead atoms. The number of aromatic amines is 1. The first-order valence-corrected chi connectivity index (χ1v) is 10.2. The highest BCUT2D eigenvalue weighted by molar-refractivity contribution is 5.83. The van der Waals surface area contributed by atoms with Crippen LogP contribution in [0.15, 0.2) is 48.7 Å². The van der Waals surface area contributed by atoms with E-state index in [-0.39, 0.29) is 30.9 Å². The Kier molecular flexibility index (Phi) is 7.54. The van der Waals surface area contributed by atoms with Gasteiger partial charge in [0.05, 0.1) is 20.3 Å². The summed E-state index contributed by atoms with van der Waals surface area (Å²) in [5.74, 6) is 0.547. The van der Waals surface area contributed by atoms with Gasteiger partial charge in [0.15, 0.2) is 6.61 Å². The molecule has 164 valence electrons. The molecule has 31 heavy (non-hydrogen) atoms. The van der Waals surface area contributed by atoms with Crippen molar-refractivity contribution >= 4 is 22.8 Å². The zero-order chi connectivity index (χ0) is 22.2. The van der Waals surface area contributed by atoms with E-state index < -0.39 is 0 Å². The van der Waals surface area contributed by atoms with Crippen molar-refractivity contribution < 1.29 is 23.8 Å². The molecule has 7 heteroatoms. The molecular weight excluding hydrogens is 396 g/mol. The second kappa shape index (κ2) is 10.5. The zero-order valence-corrected chi connectivity index (χ0v) is 18.1. The molecule has 1 atom stereocenters. The van der Waals surface area contributed by atoms with Crippen molar-refractivity contribution in [2.24, 2.45) is 0 Å². The lowest BCUT2D eigenvalue weighted by Gasteiger charge is -2.18. The average Bonchev–Trinajstić information content (AvgIpc) is 3.20. The number of carbonyl (C=O) groups excluding carboxylic acids is 2. The molecule has 0 unspecified atom stereocenters. The van der Waals surface area contributed by atoms with Gasteiger partial charge >= 0.3 is 5.97 Å². The van der Waals surface area contributed by atoms with Crippen LogP contribution in [0.4, 0.5) is 0 Å². The van der Waals surface area contributed by atoms with Crippen LogP contribution in [0.3, 0.4) is 0 Å². The number of amides is 1. The summed E-state index contributed by atoms with van der Waals surface area (Å²) in [4.78, 5) is 27.5. The maximum absolute atomic E-state index is 12.2. The van der Waals surface area contributed by atoms with Gasteiger partial charge in [-0.2, -0.15) is 0 Å². The molecule has 1 heterocycles. The summed E-state index contributed by atoms with van der Waals surface area (Å²) in [6.07, 6.45) is 3.64. The summed E-state index contributed by atoms with van der Waals surface area (Å²) >= 11 is 0. The molecule has 2 aromatic carbocycles. The van der Waals surface area contributed by atoms with Gasteiger partial charge in [-0.05, 0) is 49.6 Å². The highest BCUT2D eigenvalue weighted by atomic mass is 16.5. The van der Waals surface area contributed by atoms with Crippen molar-refractivity contribution in [3.8, 4) is 11.5 Å². The lowest BCUT2D eigenvalue weighted by atomic mass is 10.1. The van der Waals surface area contributed by atoms with Crippen LogP contribution < -0.4 is 14.8 Å². The Morgan fingerprint density at radius 2 is 1.90 bits per heavy atom. The Morgan fingerprint density at radius 1 is 1.10 bits per heavy atom. The number of methoxy groups -OCH3 is 2. The Bertz CT molecular complexity index is 1040. The fourth-order valence-corrected chi connectivity index (χ4v) is 3.52. The third-order valence-electron chi connectivity index (χ3n) is 5.15. The van der Waals surface area contributed by atoms with E-state index in [2.05, 4.69) is 16.4 Å². The summed E-state index contributed by atoms with van der Waals surface area (Å²) in [7, 11) is 3.14. The van der Waals surface area contributed by atoms with Crippen LogP contribution in [0, 0.1) is 0 Å². The standard InChI is InChI=1S/C24H28N2O5/c1-16(20-13-18(29-2)11-12-22(20)30-3)26-23(27)15-31-24(28)10-6-7-17-14-25-21-9-5-4-8-19(17)21/h4-5,8-9,11-14,16,25H,6-7,10,15H2,1-3H3,(H,26,27)/t16-/m1/s1. The van der Waals surface area contributed by atoms with E-state index in [0.29, 0.717) is 17.9 Å². The summed E-state index contributed by atoms with van der Waals surface area (Å²) < 4.78 is 15.7. The van der Waals surface area contributed by atoms with Crippen LogP contribution in [0.1, 0.15) is 36.9 Å². The van der Waals surface area contributed by atoms with Crippen LogP contribution in [0.25, 0.3) is 10.9 Å². The number of hydrogen-bond acceptors (Lipinski definition) is 5. The van der Waals surface area contributed by atoms with Crippen molar-refractivity contribution in [1.82, 2.24) is 10.3 Å². The summed E-state index contributed by atoms with van der Waals surface area (Å²) in [6, 6.07) is 13.1. The minimum absolute atomic E-state index is 0.256. The van der Waals surface area contributed by atoms with E-state index in [1.807, 2.05) is 31.3 Å². The largest absolute Gasteiger partial charge is 0.497 e. The molecule has 0 saturated carbocycles. The average molecular weight is 424 g/mol. The molecule has 3 rings (SSSR count). The van der Waals surface area contributed by atoms with Gasteiger partial charge in [0.1, 0.15) is 11.5 Å². The quantitative estimate of drug-likeness (QED) is 0.482. The van der Waals surface area contributed by atoms with Gasteiger partial charge in [0.2, 0.25) is 0 Å². The first kappa shape index (κ1) is 22.2. The minimum Gasteiger partial charge on any atom is -0.497 e. The van der Waals surface area contributed by atoms with E-state index in [4.69, 9.17) is 14.2 Å². The number of H-pyrrole nitrogens is 1. The Balaban J connectivity index is 1.43. The van der Waals surface area contributed by atoms with E-state index in [1.165, 1.54) is 5.56 Å². The number of aromatic nitrogens is 1. The molecule has 7 nitrogen and oxygen atoms in total. The highest BCUT2D eigenvalue weighted by Gasteiger charge is 2.16. The molecule has 1 amide bonds. The molecule has 0 fully saturated rings. The highest BCUT2D eigenvalue weighted by Crippen LogP contribution is 2.29. The van der Waals surface area contributed by atoms with E-state index in [1.54, 1.807) is 32.4 Å². The van der Waals surface area contributed by atoms with Gasteiger partial charge in [0.25, 0.3) is 5.91 Å². The molecule has 0 radical (unpaired) electrons. The second-order valence-electron chi connectivity index (χ2n) is 7.27. The fraction of sp³-hybridized carbons (Fsp3) is 0.333. The summed E-state index contributed by atoms with van der Waals surface area (Å²) in [6.45, 7) is 1.51. The molecule has 3 aromatic rings. The monoisotopic (exact) mass is 424 g/mol. The Morgan fingerprint density at radius 3 is 2.68 bits per heavy atom. The predicted octanol–water partition coefficient (Wildman–Crippen LogP) is 3.93. The molecule has 1 aromatic heterocycles. The third-order valence-corrected chi connectivity index (χ3v) is 5.15. The molecule has 0 aliphatic carbocycles. The lowest BCUT2D eigenvalue weighted by Crippen LogP contribution is -2.31. The van der Waals surface area contributed by atoms with E-state index >= 15 is 0 Å². The van der Waals surface area contributed by atoms with E-state index in [0.717, 1.165) is 22.9 Å². The minimum atomic E-state index is -0.387. The van der Waals surface area contributed by atoms with Crippen LogP contribution in [-0.4, -0.2) is 37.7 Å². The van der Waals surface area contributed by atoms with Crippen LogP contribution in [-0.2, 0) is 20.7 Å². The molecular formula is C24H28N2O5. The van der Waals surface area contributed by atoms with Gasteiger partial charge in [-0.25, -0.2) is 0 Å². The smallest absolute Gasteiger partial charge is 0.306 e. The van der Waals surface area contributed by atoms with Gasteiger partial charge in [-0.3, -0.25) is 9.59 Å². The molecule has 0 spiro atoms. The van der Waals surface area contributed by atoms with Gasteiger partial charge in [-0.1, -0.05) is 18.2 Å². The number of nitrogens with one attached hydrogen (secondary N) is 2.